The van der Waals surface area contributed by atoms with Crippen molar-refractivity contribution in [3.8, 4) is 0 Å². The molecule has 0 saturated carbocycles. The van der Waals surface area contributed by atoms with Crippen molar-refractivity contribution in [1.29, 1.82) is 0 Å². The van der Waals surface area contributed by atoms with E-state index in [9.17, 15) is 0 Å². The number of rotatable bonds is 5. The Morgan fingerprint density at radius 1 is 1.33 bits per heavy atom. The van der Waals surface area contributed by atoms with Gasteiger partial charge >= 0.3 is 0 Å². The normalized spacial score (nSPS) is 13.1. The highest BCUT2D eigenvalue weighted by atomic mass is 32.2. The lowest BCUT2D eigenvalue weighted by molar-refractivity contribution is 0.607. The zero-order valence-electron chi connectivity index (χ0n) is 9.66. The van der Waals surface area contributed by atoms with E-state index < -0.39 is 0 Å². The predicted octanol–water partition coefficient (Wildman–Crippen LogP) is 2.64. The summed E-state index contributed by atoms with van der Waals surface area (Å²) in [6, 6.07) is 8.63. The van der Waals surface area contributed by atoms with Gasteiger partial charge in [-0.05, 0) is 23.3 Å². The molecule has 0 radical (unpaired) electrons. The molecular weight excluding hydrogens is 204 g/mol. The van der Waals surface area contributed by atoms with Crippen molar-refractivity contribution < 1.29 is 0 Å². The largest absolute Gasteiger partial charge is 0.271 e. The van der Waals surface area contributed by atoms with Crippen molar-refractivity contribution in [2.75, 3.05) is 5.75 Å². The highest BCUT2D eigenvalue weighted by molar-refractivity contribution is 7.99. The second-order valence-corrected chi connectivity index (χ2v) is 5.57. The molecule has 2 nitrogen and oxygen atoms in total. The number of aryl methyl sites for hydroxylation is 1. The Morgan fingerprint density at radius 3 is 2.53 bits per heavy atom. The van der Waals surface area contributed by atoms with E-state index in [-0.39, 0.29) is 6.04 Å². The molecule has 0 spiro atoms. The van der Waals surface area contributed by atoms with Crippen LogP contribution in [-0.2, 0) is 0 Å². The molecular formula is C12H20N2S. The Balaban J connectivity index is 2.70. The number of nitrogens with two attached hydrogens (primary N) is 1. The van der Waals surface area contributed by atoms with E-state index in [1.165, 1.54) is 11.1 Å². The molecule has 0 aliphatic carbocycles. The molecule has 0 aliphatic heterocycles. The van der Waals surface area contributed by atoms with Crippen molar-refractivity contribution in [2.24, 2.45) is 5.84 Å². The third-order valence-electron chi connectivity index (χ3n) is 2.36. The standard InChI is InChI=1S/C12H20N2S/c1-9(2)15-8-12(14-13)11-7-5-4-6-10(11)3/h4-7,9,12,14H,8,13H2,1-3H3. The highest BCUT2D eigenvalue weighted by Crippen LogP contribution is 2.22. The van der Waals surface area contributed by atoms with E-state index in [1.807, 2.05) is 11.8 Å². The molecule has 0 aromatic heterocycles. The van der Waals surface area contributed by atoms with Gasteiger partial charge in [0, 0.05) is 5.75 Å². The Morgan fingerprint density at radius 2 is 2.00 bits per heavy atom. The first-order chi connectivity index (χ1) is 7.15. The molecule has 0 fully saturated rings. The van der Waals surface area contributed by atoms with E-state index in [1.54, 1.807) is 0 Å². The summed E-state index contributed by atoms with van der Waals surface area (Å²) in [4.78, 5) is 0. The molecule has 1 aromatic carbocycles. The van der Waals surface area contributed by atoms with Crippen LogP contribution in [0.3, 0.4) is 0 Å². The maximum Gasteiger partial charge on any atom is 0.0553 e. The van der Waals surface area contributed by atoms with Crippen LogP contribution in [0.15, 0.2) is 24.3 Å². The SMILES string of the molecule is Cc1ccccc1C(CSC(C)C)NN. The zero-order chi connectivity index (χ0) is 11.3. The van der Waals surface area contributed by atoms with Gasteiger partial charge in [0.1, 0.15) is 0 Å². The molecule has 0 amide bonds. The van der Waals surface area contributed by atoms with Gasteiger partial charge in [0.15, 0.2) is 0 Å². The smallest absolute Gasteiger partial charge is 0.0553 e. The molecule has 0 saturated heterocycles. The van der Waals surface area contributed by atoms with Gasteiger partial charge in [-0.1, -0.05) is 38.1 Å². The van der Waals surface area contributed by atoms with Crippen LogP contribution < -0.4 is 11.3 Å². The quantitative estimate of drug-likeness (QED) is 0.596. The lowest BCUT2D eigenvalue weighted by Crippen LogP contribution is -2.30. The van der Waals surface area contributed by atoms with Crippen LogP contribution in [0, 0.1) is 6.92 Å². The third-order valence-corrected chi connectivity index (χ3v) is 3.55. The van der Waals surface area contributed by atoms with E-state index in [2.05, 4.69) is 50.5 Å². The second-order valence-electron chi connectivity index (χ2n) is 3.96. The Labute approximate surface area is 96.6 Å². The summed E-state index contributed by atoms with van der Waals surface area (Å²) in [5.41, 5.74) is 5.49. The number of hydrazine groups is 1. The molecule has 1 rings (SSSR count). The summed E-state index contributed by atoms with van der Waals surface area (Å²) in [5, 5.41) is 0.643. The minimum absolute atomic E-state index is 0.249. The number of hydrogen-bond donors (Lipinski definition) is 2. The van der Waals surface area contributed by atoms with Crippen molar-refractivity contribution in [2.45, 2.75) is 32.1 Å². The molecule has 0 aliphatic rings. The zero-order valence-corrected chi connectivity index (χ0v) is 10.5. The third kappa shape index (κ3) is 3.86. The van der Waals surface area contributed by atoms with Gasteiger partial charge in [0.2, 0.25) is 0 Å². The van der Waals surface area contributed by atoms with Gasteiger partial charge in [-0.2, -0.15) is 11.8 Å². The maximum absolute atomic E-state index is 5.60. The molecule has 3 heteroatoms. The Bertz CT molecular complexity index is 299. The van der Waals surface area contributed by atoms with Gasteiger partial charge in [0.05, 0.1) is 6.04 Å². The maximum atomic E-state index is 5.60. The fourth-order valence-electron chi connectivity index (χ4n) is 1.49. The van der Waals surface area contributed by atoms with Crippen LogP contribution in [0.5, 0.6) is 0 Å². The Kier molecular flexibility index (Phi) is 5.15. The number of hydrogen-bond acceptors (Lipinski definition) is 3. The molecule has 84 valence electrons. The van der Waals surface area contributed by atoms with Crippen LogP contribution >= 0.6 is 11.8 Å². The molecule has 0 bridgehead atoms. The van der Waals surface area contributed by atoms with Crippen molar-refractivity contribution >= 4 is 11.8 Å². The molecule has 1 unspecified atom stereocenters. The lowest BCUT2D eigenvalue weighted by atomic mass is 10.0. The minimum Gasteiger partial charge on any atom is -0.271 e. The number of nitrogens with one attached hydrogen (secondary N) is 1. The average Bonchev–Trinajstić information content (AvgIpc) is 2.21. The summed E-state index contributed by atoms with van der Waals surface area (Å²) in [5.74, 6) is 6.61. The van der Waals surface area contributed by atoms with Crippen LogP contribution in [0.1, 0.15) is 31.0 Å². The van der Waals surface area contributed by atoms with Crippen LogP contribution in [0.2, 0.25) is 0 Å². The first kappa shape index (κ1) is 12.6. The molecule has 15 heavy (non-hydrogen) atoms. The van der Waals surface area contributed by atoms with Gasteiger partial charge in [-0.15, -0.1) is 0 Å². The average molecular weight is 224 g/mol. The van der Waals surface area contributed by atoms with E-state index in [0.29, 0.717) is 5.25 Å². The number of thioether (sulfide) groups is 1. The summed E-state index contributed by atoms with van der Waals surface area (Å²) in [7, 11) is 0. The summed E-state index contributed by atoms with van der Waals surface area (Å²) < 4.78 is 0. The van der Waals surface area contributed by atoms with Crippen molar-refractivity contribution in [3.05, 3.63) is 35.4 Å². The van der Waals surface area contributed by atoms with Crippen LogP contribution in [0.25, 0.3) is 0 Å². The minimum atomic E-state index is 0.249. The lowest BCUT2D eigenvalue weighted by Gasteiger charge is -2.19. The topological polar surface area (TPSA) is 38.0 Å². The van der Waals surface area contributed by atoms with Gasteiger partial charge in [0.25, 0.3) is 0 Å². The predicted molar refractivity (Wildman–Crippen MR) is 68.8 cm³/mol. The fourth-order valence-corrected chi connectivity index (χ4v) is 2.35. The Hall–Kier alpha value is -0.510. The van der Waals surface area contributed by atoms with Gasteiger partial charge in [-0.25, -0.2) is 0 Å². The summed E-state index contributed by atoms with van der Waals surface area (Å²) >= 11 is 1.92. The van der Waals surface area contributed by atoms with E-state index in [4.69, 9.17) is 5.84 Å². The van der Waals surface area contributed by atoms with Gasteiger partial charge < -0.3 is 0 Å². The van der Waals surface area contributed by atoms with Crippen LogP contribution in [0.4, 0.5) is 0 Å². The molecule has 3 N–H and O–H groups in total. The fraction of sp³-hybridized carbons (Fsp3) is 0.500. The van der Waals surface area contributed by atoms with E-state index >= 15 is 0 Å². The second kappa shape index (κ2) is 6.16. The number of benzene rings is 1. The molecule has 0 heterocycles. The van der Waals surface area contributed by atoms with Crippen molar-refractivity contribution in [3.63, 3.8) is 0 Å². The van der Waals surface area contributed by atoms with Crippen molar-refractivity contribution in [1.82, 2.24) is 5.43 Å². The summed E-state index contributed by atoms with van der Waals surface area (Å²) in [6.07, 6.45) is 0. The monoisotopic (exact) mass is 224 g/mol. The van der Waals surface area contributed by atoms with Crippen LogP contribution in [-0.4, -0.2) is 11.0 Å². The van der Waals surface area contributed by atoms with E-state index in [0.717, 1.165) is 5.75 Å². The highest BCUT2D eigenvalue weighted by Gasteiger charge is 2.12. The molecule has 1 atom stereocenters. The molecule has 1 aromatic rings. The van der Waals surface area contributed by atoms with Gasteiger partial charge in [-0.3, -0.25) is 11.3 Å². The first-order valence-corrected chi connectivity index (χ1v) is 6.33. The summed E-state index contributed by atoms with van der Waals surface area (Å²) in [6.45, 7) is 6.53. The first-order valence-electron chi connectivity index (χ1n) is 5.28.